The quantitative estimate of drug-likeness (QED) is 0.370. The van der Waals surface area contributed by atoms with Crippen molar-refractivity contribution < 1.29 is 23.6 Å². The molecule has 7 rings (SSSR count). The first kappa shape index (κ1) is 22.0. The van der Waals surface area contributed by atoms with Crippen LogP contribution in [0.15, 0.2) is 65.2 Å². The fraction of sp³-hybridized carbons (Fsp3) is 0.310. The summed E-state index contributed by atoms with van der Waals surface area (Å²) in [6.45, 7) is 2.22. The number of fused-ring (bicyclic) bond motifs is 7. The van der Waals surface area contributed by atoms with Crippen molar-refractivity contribution in [2.24, 2.45) is 11.8 Å². The number of amides is 2. The molecule has 4 aromatic rings. The molecule has 3 fully saturated rings. The van der Waals surface area contributed by atoms with Gasteiger partial charge in [0.2, 0.25) is 11.8 Å². The van der Waals surface area contributed by atoms with Crippen molar-refractivity contribution in [3.05, 3.63) is 66.2 Å². The zero-order chi connectivity index (χ0) is 25.4. The number of hydrogen-bond acceptors (Lipinski definition) is 7. The summed E-state index contributed by atoms with van der Waals surface area (Å²) in [5.74, 6) is -1.24. The van der Waals surface area contributed by atoms with E-state index < -0.39 is 23.0 Å². The molecule has 0 aliphatic carbocycles. The molecular weight excluding hydrogens is 470 g/mol. The first-order valence-electron chi connectivity index (χ1n) is 12.4. The van der Waals surface area contributed by atoms with Crippen LogP contribution in [0.5, 0.6) is 5.88 Å². The molecule has 0 N–H and O–H groups in total. The molecule has 4 heterocycles. The largest absolute Gasteiger partial charge is 0.475 e. The summed E-state index contributed by atoms with van der Waals surface area (Å²) < 4.78 is 17.8. The van der Waals surface area contributed by atoms with Crippen molar-refractivity contribution >= 4 is 39.2 Å². The van der Waals surface area contributed by atoms with Crippen LogP contribution in [0.3, 0.4) is 0 Å². The Bertz CT molecular complexity index is 1650. The molecule has 0 spiro atoms. The van der Waals surface area contributed by atoms with Crippen molar-refractivity contribution in [2.45, 2.75) is 37.4 Å². The number of hydrogen-bond donors (Lipinski definition) is 0. The fourth-order valence-electron chi connectivity index (χ4n) is 6.71. The third-order valence-corrected chi connectivity index (χ3v) is 8.38. The predicted octanol–water partition coefficient (Wildman–Crippen LogP) is 4.75. The van der Waals surface area contributed by atoms with Crippen LogP contribution in [-0.4, -0.2) is 34.8 Å². The highest BCUT2D eigenvalue weighted by molar-refractivity contribution is 6.26. The maximum atomic E-state index is 14.0. The van der Waals surface area contributed by atoms with Gasteiger partial charge in [0.1, 0.15) is 0 Å². The van der Waals surface area contributed by atoms with Gasteiger partial charge < -0.3 is 14.0 Å². The Balaban J connectivity index is 1.21. The minimum Gasteiger partial charge on any atom is -0.475 e. The van der Waals surface area contributed by atoms with Gasteiger partial charge in [-0.15, -0.1) is 0 Å². The maximum absolute atomic E-state index is 14.0. The molecule has 184 valence electrons. The first-order chi connectivity index (χ1) is 18.0. The molecule has 4 atom stereocenters. The lowest BCUT2D eigenvalue weighted by molar-refractivity contribution is -0.131. The maximum Gasteiger partial charge on any atom is 0.262 e. The van der Waals surface area contributed by atoms with Crippen LogP contribution in [0.1, 0.15) is 31.7 Å². The summed E-state index contributed by atoms with van der Waals surface area (Å²) in [6.07, 6.45) is 1.82. The second kappa shape index (κ2) is 7.64. The van der Waals surface area contributed by atoms with Crippen LogP contribution in [0.4, 0.5) is 5.69 Å². The van der Waals surface area contributed by atoms with Crippen molar-refractivity contribution in [3.8, 4) is 11.9 Å². The Labute approximate surface area is 212 Å². The van der Waals surface area contributed by atoms with E-state index in [1.165, 1.54) is 4.90 Å². The number of imide groups is 1. The van der Waals surface area contributed by atoms with Gasteiger partial charge in [0.25, 0.3) is 5.88 Å². The van der Waals surface area contributed by atoms with Crippen LogP contribution >= 0.6 is 0 Å². The number of aromatic nitrogens is 1. The van der Waals surface area contributed by atoms with E-state index in [0.717, 1.165) is 5.39 Å². The summed E-state index contributed by atoms with van der Waals surface area (Å²) in [5.41, 5.74) is 0.159. The topological polar surface area (TPSA) is 106 Å². The van der Waals surface area contributed by atoms with Gasteiger partial charge in [-0.3, -0.25) is 9.59 Å². The van der Waals surface area contributed by atoms with Gasteiger partial charge in [-0.05, 0) is 49.2 Å². The number of carbonyl (C=O) groups is 2. The van der Waals surface area contributed by atoms with Gasteiger partial charge in [-0.25, -0.2) is 4.90 Å². The second-order valence-electron chi connectivity index (χ2n) is 10.3. The number of benzene rings is 3. The monoisotopic (exact) mass is 493 g/mol. The van der Waals surface area contributed by atoms with E-state index in [0.29, 0.717) is 52.7 Å². The summed E-state index contributed by atoms with van der Waals surface area (Å²) in [6, 6.07) is 20.4. The number of ether oxygens (including phenoxy) is 2. The SMILES string of the molecule is CC12CCC(CCOc3noc4ccccc34)(O1)C1C(=O)N(c3ccc(C#N)c4ccccc34)C(=O)C12. The van der Waals surface area contributed by atoms with E-state index >= 15 is 0 Å². The van der Waals surface area contributed by atoms with Crippen molar-refractivity contribution in [1.82, 2.24) is 5.16 Å². The first-order valence-corrected chi connectivity index (χ1v) is 12.4. The van der Waals surface area contributed by atoms with Gasteiger partial charge >= 0.3 is 0 Å². The standard InChI is InChI=1S/C29H23N3O5/c1-28-12-13-29(37-28,14-15-35-25-20-8-4-5-9-22(20)36-31-25)24-23(28)26(33)32(27(24)34)21-11-10-17(16-30)18-6-2-3-7-19(18)21/h2-11,23-24H,12-15H2,1H3. The number of para-hydroxylation sites is 1. The summed E-state index contributed by atoms with van der Waals surface area (Å²) in [7, 11) is 0. The molecule has 1 aromatic heterocycles. The number of carbonyl (C=O) groups excluding carboxylic acids is 2. The second-order valence-corrected chi connectivity index (χ2v) is 10.3. The van der Waals surface area contributed by atoms with Gasteiger partial charge in [-0.1, -0.05) is 36.4 Å². The Kier molecular flexibility index (Phi) is 4.55. The van der Waals surface area contributed by atoms with Gasteiger partial charge in [0, 0.05) is 17.2 Å². The average molecular weight is 494 g/mol. The average Bonchev–Trinajstić information content (AvgIpc) is 3.62. The number of nitrogens with zero attached hydrogens (tertiary/aromatic N) is 3. The molecule has 3 aliphatic rings. The fourth-order valence-corrected chi connectivity index (χ4v) is 6.71. The van der Waals surface area contributed by atoms with Crippen molar-refractivity contribution in [1.29, 1.82) is 5.26 Å². The predicted molar refractivity (Wildman–Crippen MR) is 134 cm³/mol. The Hall–Kier alpha value is -4.22. The zero-order valence-corrected chi connectivity index (χ0v) is 20.1. The smallest absolute Gasteiger partial charge is 0.262 e. The van der Waals surface area contributed by atoms with Gasteiger partial charge in [-0.2, -0.15) is 5.26 Å². The molecule has 3 aromatic carbocycles. The zero-order valence-electron chi connectivity index (χ0n) is 20.1. The molecule has 4 unspecified atom stereocenters. The number of nitriles is 1. The third kappa shape index (κ3) is 2.95. The number of anilines is 1. The minimum atomic E-state index is -0.789. The van der Waals surface area contributed by atoms with Crippen LogP contribution in [0.25, 0.3) is 21.7 Å². The summed E-state index contributed by atoms with van der Waals surface area (Å²) in [4.78, 5) is 29.2. The van der Waals surface area contributed by atoms with Crippen molar-refractivity contribution in [2.75, 3.05) is 11.5 Å². The minimum absolute atomic E-state index is 0.239. The van der Waals surface area contributed by atoms with E-state index in [1.807, 2.05) is 55.5 Å². The summed E-state index contributed by atoms with van der Waals surface area (Å²) >= 11 is 0. The highest BCUT2D eigenvalue weighted by Crippen LogP contribution is 2.62. The molecule has 3 saturated heterocycles. The normalized spacial score (nSPS) is 28.3. The molecular formula is C29H23N3O5. The van der Waals surface area contributed by atoms with Gasteiger partial charge in [0.05, 0.1) is 52.4 Å². The van der Waals surface area contributed by atoms with E-state index in [9.17, 15) is 14.9 Å². The molecule has 8 heteroatoms. The van der Waals surface area contributed by atoms with Crippen LogP contribution in [0, 0.1) is 23.2 Å². The Morgan fingerprint density at radius 3 is 2.54 bits per heavy atom. The van der Waals surface area contributed by atoms with Crippen LogP contribution in [0.2, 0.25) is 0 Å². The van der Waals surface area contributed by atoms with E-state index in [1.54, 1.807) is 12.1 Å². The molecule has 2 bridgehead atoms. The highest BCUT2D eigenvalue weighted by Gasteiger charge is 2.73. The highest BCUT2D eigenvalue weighted by atomic mass is 16.6. The molecule has 37 heavy (non-hydrogen) atoms. The molecule has 8 nitrogen and oxygen atoms in total. The Morgan fingerprint density at radius 1 is 1.00 bits per heavy atom. The van der Waals surface area contributed by atoms with Gasteiger partial charge in [0.15, 0.2) is 5.58 Å². The third-order valence-electron chi connectivity index (χ3n) is 8.38. The molecule has 2 amide bonds. The van der Waals surface area contributed by atoms with E-state index in [2.05, 4.69) is 11.2 Å². The number of rotatable bonds is 5. The molecule has 3 aliphatic heterocycles. The Morgan fingerprint density at radius 2 is 1.73 bits per heavy atom. The van der Waals surface area contributed by atoms with Crippen LogP contribution < -0.4 is 9.64 Å². The molecule has 0 saturated carbocycles. The lowest BCUT2D eigenvalue weighted by atomic mass is 9.67. The van der Waals surface area contributed by atoms with E-state index in [4.69, 9.17) is 14.0 Å². The lowest BCUT2D eigenvalue weighted by Gasteiger charge is -2.31. The summed E-state index contributed by atoms with van der Waals surface area (Å²) in [5, 5.41) is 15.8. The lowest BCUT2D eigenvalue weighted by Crippen LogP contribution is -2.43. The molecule has 0 radical (unpaired) electrons. The van der Waals surface area contributed by atoms with E-state index in [-0.39, 0.29) is 18.4 Å². The van der Waals surface area contributed by atoms with Crippen LogP contribution in [-0.2, 0) is 14.3 Å². The van der Waals surface area contributed by atoms with Crippen molar-refractivity contribution in [3.63, 3.8) is 0 Å².